The van der Waals surface area contributed by atoms with Gasteiger partial charge in [0.05, 0.1) is 0 Å². The van der Waals surface area contributed by atoms with Crippen LogP contribution in [0.5, 0.6) is 0 Å². The number of hydrogen-bond donors (Lipinski definition) is 1. The van der Waals surface area contributed by atoms with Gasteiger partial charge in [0.25, 0.3) is 0 Å². The molecule has 1 aliphatic heterocycles. The Balaban J connectivity index is 2.75. The van der Waals surface area contributed by atoms with Gasteiger partial charge in [0.2, 0.25) is 0 Å². The maximum atomic E-state index is 10.7. The van der Waals surface area contributed by atoms with E-state index in [1.165, 1.54) is 0 Å². The molecule has 0 spiro atoms. The highest BCUT2D eigenvalue weighted by atomic mass is 28.2. The molecule has 1 rings (SSSR count). The molecule has 3 radical (unpaired) electrons. The summed E-state index contributed by atoms with van der Waals surface area (Å²) in [5, 5.41) is 8.77. The molecule has 10 heavy (non-hydrogen) atoms. The molecule has 0 aromatic heterocycles. The molecule has 0 unspecified atom stereocenters. The van der Waals surface area contributed by atoms with Gasteiger partial charge in [-0.15, -0.1) is 0 Å². The standard InChI is InChI=1S/C6H10NO2Si/c1-6(5(8)9)3-2-4-7(6)10/h2-4H2,1H3,(H,8,9)/t6-/m0/s1. The van der Waals surface area contributed by atoms with E-state index in [-0.39, 0.29) is 0 Å². The lowest BCUT2D eigenvalue weighted by atomic mass is 10.0. The van der Waals surface area contributed by atoms with Crippen molar-refractivity contribution in [3.8, 4) is 0 Å². The van der Waals surface area contributed by atoms with E-state index in [4.69, 9.17) is 5.11 Å². The van der Waals surface area contributed by atoms with Gasteiger partial charge in [-0.2, -0.15) is 0 Å². The van der Waals surface area contributed by atoms with Gasteiger partial charge in [-0.1, -0.05) is 0 Å². The van der Waals surface area contributed by atoms with Crippen molar-refractivity contribution in [3.63, 3.8) is 0 Å². The van der Waals surface area contributed by atoms with Crippen molar-refractivity contribution >= 4 is 16.4 Å². The maximum Gasteiger partial charge on any atom is 0.323 e. The molecule has 0 saturated carbocycles. The van der Waals surface area contributed by atoms with Crippen molar-refractivity contribution in [2.24, 2.45) is 0 Å². The monoisotopic (exact) mass is 156 g/mol. The maximum absolute atomic E-state index is 10.7. The van der Waals surface area contributed by atoms with E-state index >= 15 is 0 Å². The second-order valence-electron chi connectivity index (χ2n) is 2.83. The number of aliphatic carboxylic acids is 1. The average molecular weight is 156 g/mol. The quantitative estimate of drug-likeness (QED) is 0.544. The molecule has 1 heterocycles. The van der Waals surface area contributed by atoms with Crippen molar-refractivity contribution in [2.45, 2.75) is 25.3 Å². The van der Waals surface area contributed by atoms with Crippen molar-refractivity contribution in [1.82, 2.24) is 4.57 Å². The van der Waals surface area contributed by atoms with Crippen LogP contribution in [0.25, 0.3) is 0 Å². The van der Waals surface area contributed by atoms with Crippen LogP contribution in [0.2, 0.25) is 0 Å². The summed E-state index contributed by atoms with van der Waals surface area (Å²) in [7, 11) is 3.26. The molecule has 1 aliphatic rings. The summed E-state index contributed by atoms with van der Waals surface area (Å²) in [6.45, 7) is 2.55. The van der Waals surface area contributed by atoms with Gasteiger partial charge < -0.3 is 9.67 Å². The molecule has 0 amide bonds. The summed E-state index contributed by atoms with van der Waals surface area (Å²) < 4.78 is 1.70. The fourth-order valence-corrected chi connectivity index (χ4v) is 1.55. The molecule has 55 valence electrons. The Bertz CT molecular complexity index is 162. The molecule has 0 aromatic carbocycles. The predicted octanol–water partition coefficient (Wildman–Crippen LogP) is 0.00900. The molecular formula is C6H10NO2Si. The lowest BCUT2D eigenvalue weighted by Crippen LogP contribution is -2.46. The fraction of sp³-hybridized carbons (Fsp3) is 0.833. The number of rotatable bonds is 1. The first-order valence-corrected chi connectivity index (χ1v) is 3.74. The normalized spacial score (nSPS) is 34.6. The van der Waals surface area contributed by atoms with E-state index in [2.05, 4.69) is 10.4 Å². The molecule has 4 heteroatoms. The Morgan fingerprint density at radius 2 is 2.40 bits per heavy atom. The summed E-state index contributed by atoms with van der Waals surface area (Å²) in [5.41, 5.74) is -0.684. The second-order valence-corrected chi connectivity index (χ2v) is 3.37. The van der Waals surface area contributed by atoms with Gasteiger partial charge in [-0.05, 0) is 26.3 Å². The molecule has 0 bridgehead atoms. The second kappa shape index (κ2) is 2.36. The van der Waals surface area contributed by atoms with E-state index in [0.29, 0.717) is 0 Å². The third-order valence-electron chi connectivity index (χ3n) is 2.10. The largest absolute Gasteiger partial charge is 0.480 e. The lowest BCUT2D eigenvalue weighted by molar-refractivity contribution is -0.146. The van der Waals surface area contributed by atoms with Gasteiger partial charge in [0.15, 0.2) is 0 Å². The van der Waals surface area contributed by atoms with Crippen molar-refractivity contribution in [1.29, 1.82) is 0 Å². The third-order valence-corrected chi connectivity index (χ3v) is 2.82. The van der Waals surface area contributed by atoms with Gasteiger partial charge in [-0.25, -0.2) is 0 Å². The van der Waals surface area contributed by atoms with E-state index in [9.17, 15) is 4.79 Å². The van der Waals surface area contributed by atoms with Gasteiger partial charge in [-0.3, -0.25) is 4.79 Å². The summed E-state index contributed by atoms with van der Waals surface area (Å²) in [5.74, 6) is -0.750. The van der Waals surface area contributed by atoms with Crippen molar-refractivity contribution in [2.75, 3.05) is 6.54 Å². The predicted molar refractivity (Wildman–Crippen MR) is 37.7 cm³/mol. The molecule has 1 atom stereocenters. The molecule has 0 aliphatic carbocycles. The minimum Gasteiger partial charge on any atom is -0.480 e. The smallest absolute Gasteiger partial charge is 0.323 e. The van der Waals surface area contributed by atoms with Crippen LogP contribution < -0.4 is 0 Å². The number of carboxylic acid groups (broad SMARTS) is 1. The Morgan fingerprint density at radius 1 is 1.80 bits per heavy atom. The van der Waals surface area contributed by atoms with Gasteiger partial charge >= 0.3 is 5.97 Å². The minimum absolute atomic E-state index is 0.684. The zero-order chi connectivity index (χ0) is 7.78. The van der Waals surface area contributed by atoms with Crippen LogP contribution >= 0.6 is 0 Å². The summed E-state index contributed by atoms with van der Waals surface area (Å²) >= 11 is 0. The summed E-state index contributed by atoms with van der Waals surface area (Å²) in [4.78, 5) is 10.7. The van der Waals surface area contributed by atoms with Gasteiger partial charge in [0.1, 0.15) is 15.9 Å². The first-order valence-electron chi connectivity index (χ1n) is 3.29. The van der Waals surface area contributed by atoms with Crippen LogP contribution in [0, 0.1) is 0 Å². The topological polar surface area (TPSA) is 40.5 Å². The molecule has 0 aromatic rings. The molecular weight excluding hydrogens is 146 g/mol. The van der Waals surface area contributed by atoms with Crippen LogP contribution in [0.3, 0.4) is 0 Å². The first kappa shape index (κ1) is 7.75. The highest BCUT2D eigenvalue weighted by Crippen LogP contribution is 2.26. The fourth-order valence-electron chi connectivity index (χ4n) is 1.19. The molecule has 3 nitrogen and oxygen atoms in total. The van der Waals surface area contributed by atoms with Crippen LogP contribution in [0.1, 0.15) is 19.8 Å². The number of carboxylic acids is 1. The lowest BCUT2D eigenvalue weighted by Gasteiger charge is -2.26. The van der Waals surface area contributed by atoms with E-state index < -0.39 is 11.5 Å². The highest BCUT2D eigenvalue weighted by molar-refractivity contribution is 6.07. The third kappa shape index (κ3) is 0.972. The Morgan fingerprint density at radius 3 is 2.60 bits per heavy atom. The SMILES string of the molecule is C[C@@]1(C(=O)O)CCCN1[Si]. The summed E-state index contributed by atoms with van der Waals surface area (Å²) in [6.07, 6.45) is 1.68. The van der Waals surface area contributed by atoms with E-state index in [1.807, 2.05) is 0 Å². The average Bonchev–Trinajstić information content (AvgIpc) is 2.15. The Kier molecular flexibility index (Phi) is 1.83. The van der Waals surface area contributed by atoms with E-state index in [0.717, 1.165) is 19.4 Å². The molecule has 1 saturated heterocycles. The van der Waals surface area contributed by atoms with Crippen LogP contribution in [0.4, 0.5) is 0 Å². The summed E-state index contributed by atoms with van der Waals surface area (Å²) in [6, 6.07) is 0. The van der Waals surface area contributed by atoms with Gasteiger partial charge in [0, 0.05) is 0 Å². The minimum atomic E-state index is -0.750. The van der Waals surface area contributed by atoms with Crippen molar-refractivity contribution < 1.29 is 9.90 Å². The number of hydrogen-bond acceptors (Lipinski definition) is 2. The number of carbonyl (C=O) groups is 1. The molecule has 1 N–H and O–H groups in total. The van der Waals surface area contributed by atoms with Crippen molar-refractivity contribution in [3.05, 3.63) is 0 Å². The zero-order valence-electron chi connectivity index (χ0n) is 5.92. The Hall–Kier alpha value is -0.353. The zero-order valence-corrected chi connectivity index (χ0v) is 6.92. The highest BCUT2D eigenvalue weighted by Gasteiger charge is 2.40. The Labute approximate surface area is 63.5 Å². The van der Waals surface area contributed by atoms with E-state index in [1.54, 1.807) is 11.5 Å². The first-order chi connectivity index (χ1) is 4.57. The van der Waals surface area contributed by atoms with Crippen LogP contribution in [-0.2, 0) is 4.79 Å². The molecule has 1 fully saturated rings. The van der Waals surface area contributed by atoms with Crippen LogP contribution in [0.15, 0.2) is 0 Å². The number of nitrogens with zero attached hydrogens (tertiary/aromatic N) is 1. The van der Waals surface area contributed by atoms with Crippen LogP contribution in [-0.4, -0.2) is 38.1 Å².